The van der Waals surface area contributed by atoms with Crippen molar-refractivity contribution in [2.24, 2.45) is 0 Å². The van der Waals surface area contributed by atoms with Crippen molar-refractivity contribution in [1.29, 1.82) is 0 Å². The molecule has 0 radical (unpaired) electrons. The lowest BCUT2D eigenvalue weighted by molar-refractivity contribution is -0.847. The van der Waals surface area contributed by atoms with Gasteiger partial charge in [-0.15, -0.1) is 11.3 Å². The number of fused-ring (bicyclic) bond motifs is 1. The minimum atomic E-state index is 0. The lowest BCUT2D eigenvalue weighted by Gasteiger charge is -2.21. The Morgan fingerprint density at radius 2 is 2.05 bits per heavy atom. The Balaban J connectivity index is 0.000000902. The molecule has 0 aromatic carbocycles. The van der Waals surface area contributed by atoms with Crippen molar-refractivity contribution in [3.8, 4) is 0 Å². The number of nitrogens with one attached hydrogen (secondary N) is 2. The van der Waals surface area contributed by atoms with E-state index in [4.69, 9.17) is 4.74 Å². The fourth-order valence-electron chi connectivity index (χ4n) is 2.05. The summed E-state index contributed by atoms with van der Waals surface area (Å²) in [4.78, 5) is 11.6. The molecule has 0 saturated carbocycles. The summed E-state index contributed by atoms with van der Waals surface area (Å²) in [5, 5.41) is 6.31. The first-order chi connectivity index (χ1) is 8.38. The number of morpholine rings is 1. The maximum absolute atomic E-state index is 5.36. The van der Waals surface area contributed by atoms with Gasteiger partial charge in [0, 0.05) is 7.05 Å². The van der Waals surface area contributed by atoms with Gasteiger partial charge in [0.15, 0.2) is 0 Å². The fourth-order valence-corrected chi connectivity index (χ4v) is 2.81. The van der Waals surface area contributed by atoms with Gasteiger partial charge in [-0.3, -0.25) is 4.90 Å². The molecule has 0 unspecified atom stereocenters. The number of hydrogen-bond acceptors (Lipinski definition) is 5. The molecule has 19 heavy (non-hydrogen) atoms. The molecule has 1 fully saturated rings. The van der Waals surface area contributed by atoms with E-state index in [0.29, 0.717) is 0 Å². The number of halogens is 1. The molecule has 3 heterocycles. The van der Waals surface area contributed by atoms with Crippen LogP contribution in [0, 0.1) is 0 Å². The van der Waals surface area contributed by atoms with Gasteiger partial charge in [-0.25, -0.2) is 0 Å². The summed E-state index contributed by atoms with van der Waals surface area (Å²) in [6.07, 6.45) is 0. The van der Waals surface area contributed by atoms with Gasteiger partial charge in [0.1, 0.15) is 23.7 Å². The van der Waals surface area contributed by atoms with Crippen molar-refractivity contribution in [3.05, 3.63) is 11.4 Å². The van der Waals surface area contributed by atoms with Crippen LogP contribution < -0.4 is 22.6 Å². The molecule has 2 aromatic rings. The molecule has 106 valence electrons. The van der Waals surface area contributed by atoms with Gasteiger partial charge in [-0.05, 0) is 11.4 Å². The van der Waals surface area contributed by atoms with Crippen LogP contribution in [0.25, 0.3) is 10.2 Å². The van der Waals surface area contributed by atoms with Crippen LogP contribution in [0.4, 0.5) is 11.8 Å². The second-order valence-electron chi connectivity index (χ2n) is 4.00. The third kappa shape index (κ3) is 3.13. The molecule has 0 spiro atoms. The maximum Gasteiger partial charge on any atom is 0.330 e. The molecule has 6 nitrogen and oxygen atoms in total. The van der Waals surface area contributed by atoms with Crippen molar-refractivity contribution < 1.29 is 27.5 Å². The molecule has 8 heteroatoms. The molecule has 1 aliphatic heterocycles. The number of anilines is 1. The van der Waals surface area contributed by atoms with E-state index in [1.807, 2.05) is 7.05 Å². The Labute approximate surface area is 121 Å². The number of thiophene rings is 1. The summed E-state index contributed by atoms with van der Waals surface area (Å²) < 4.78 is 5.36. The van der Waals surface area contributed by atoms with E-state index in [2.05, 4.69) is 26.7 Å². The van der Waals surface area contributed by atoms with Gasteiger partial charge < -0.3 is 27.9 Å². The van der Waals surface area contributed by atoms with Crippen LogP contribution >= 0.6 is 11.3 Å². The largest absolute Gasteiger partial charge is 1.00 e. The van der Waals surface area contributed by atoms with E-state index in [1.54, 1.807) is 11.3 Å². The highest BCUT2D eigenvalue weighted by atomic mass is 35.5. The van der Waals surface area contributed by atoms with Crippen LogP contribution in [0.15, 0.2) is 11.4 Å². The topological polar surface area (TPSA) is 83.0 Å². The summed E-state index contributed by atoms with van der Waals surface area (Å²) >= 11 is 1.66. The molecule has 0 aliphatic carbocycles. The number of rotatable bonds is 2. The van der Waals surface area contributed by atoms with E-state index < -0.39 is 0 Å². The molecule has 1 aliphatic rings. The first-order valence-corrected chi connectivity index (χ1v) is 6.62. The Morgan fingerprint density at radius 1 is 1.32 bits per heavy atom. The van der Waals surface area contributed by atoms with Crippen molar-refractivity contribution >= 4 is 33.3 Å². The van der Waals surface area contributed by atoms with E-state index in [1.165, 1.54) is 4.90 Å². The maximum atomic E-state index is 5.36. The monoisotopic (exact) mass is 304 g/mol. The van der Waals surface area contributed by atoms with Gasteiger partial charge in [-0.1, -0.05) is 0 Å². The molecule has 1 saturated heterocycles. The van der Waals surface area contributed by atoms with E-state index in [9.17, 15) is 0 Å². The summed E-state index contributed by atoms with van der Waals surface area (Å²) in [5.74, 6) is 1.80. The smallest absolute Gasteiger partial charge is 0.330 e. The molecular formula is C11H17ClN4O2S. The van der Waals surface area contributed by atoms with Gasteiger partial charge in [0.2, 0.25) is 0 Å². The van der Waals surface area contributed by atoms with Crippen LogP contribution in [-0.4, -0.2) is 48.8 Å². The third-order valence-electron chi connectivity index (χ3n) is 2.97. The second-order valence-corrected chi connectivity index (χ2v) is 4.90. The second kappa shape index (κ2) is 6.97. The number of hydrogen-bond donors (Lipinski definition) is 2. The van der Waals surface area contributed by atoms with Crippen molar-refractivity contribution in [2.75, 3.05) is 38.7 Å². The minimum Gasteiger partial charge on any atom is -1.00 e. The molecule has 0 atom stereocenters. The Morgan fingerprint density at radius 3 is 2.74 bits per heavy atom. The average molecular weight is 305 g/mol. The van der Waals surface area contributed by atoms with Gasteiger partial charge in [0.25, 0.3) is 0 Å². The number of quaternary nitrogens is 1. The molecule has 4 N–H and O–H groups in total. The van der Waals surface area contributed by atoms with Crippen LogP contribution in [0.3, 0.4) is 0 Å². The van der Waals surface area contributed by atoms with Crippen LogP contribution in [0.1, 0.15) is 0 Å². The molecule has 0 amide bonds. The fraction of sp³-hybridized carbons (Fsp3) is 0.455. The molecule has 2 aromatic heterocycles. The lowest BCUT2D eigenvalue weighted by atomic mass is 10.4. The number of ether oxygens (including phenoxy) is 1. The highest BCUT2D eigenvalue weighted by molar-refractivity contribution is 7.16. The lowest BCUT2D eigenvalue weighted by Crippen LogP contribution is -3.10. The van der Waals surface area contributed by atoms with Crippen LogP contribution in [0.5, 0.6) is 0 Å². The Hall–Kier alpha value is -0.990. The summed E-state index contributed by atoms with van der Waals surface area (Å²) in [6, 6.07) is 2.06. The van der Waals surface area contributed by atoms with Gasteiger partial charge in [-0.2, -0.15) is 9.97 Å². The average Bonchev–Trinajstić information content (AvgIpc) is 2.86. The van der Waals surface area contributed by atoms with E-state index in [-0.39, 0.29) is 17.9 Å². The standard InChI is InChI=1S/C11H14N4OS.ClH.H2O/c1-12-9-8-2-7-17-10(8)14-11(13-9)15-3-5-16-6-4-15;;/h2,7H,3-6H2,1H3,(H,12,13,14);1H;1H2. The normalized spacial score (nSPS) is 15.6. The quantitative estimate of drug-likeness (QED) is 0.602. The van der Waals surface area contributed by atoms with Crippen LogP contribution in [-0.2, 0) is 4.74 Å². The minimum absolute atomic E-state index is 0. The first kappa shape index (κ1) is 16.1. The number of nitrogens with zero attached hydrogens (tertiary/aromatic N) is 2. The van der Waals surface area contributed by atoms with E-state index in [0.717, 1.165) is 48.3 Å². The zero-order valence-corrected chi connectivity index (χ0v) is 12.1. The molecular weight excluding hydrogens is 288 g/mol. The Kier molecular flexibility index (Phi) is 5.89. The zero-order chi connectivity index (χ0) is 11.7. The third-order valence-corrected chi connectivity index (χ3v) is 3.78. The zero-order valence-electron chi connectivity index (χ0n) is 10.6. The summed E-state index contributed by atoms with van der Waals surface area (Å²) in [7, 11) is 1.90. The molecule has 0 bridgehead atoms. The van der Waals surface area contributed by atoms with Crippen molar-refractivity contribution in [3.63, 3.8) is 0 Å². The SMILES string of the molecule is CNc1nc([NH+]2CCOCC2)nc2sccc12.O.[Cl-]. The predicted octanol–water partition coefficient (Wildman–Crippen LogP) is -3.54. The highest BCUT2D eigenvalue weighted by Gasteiger charge is 2.21. The van der Waals surface area contributed by atoms with Gasteiger partial charge >= 0.3 is 5.95 Å². The first-order valence-electron chi connectivity index (χ1n) is 5.74. The Bertz CT molecular complexity index is 530. The van der Waals surface area contributed by atoms with Gasteiger partial charge in [0.05, 0.1) is 18.6 Å². The molecule has 3 rings (SSSR count). The highest BCUT2D eigenvalue weighted by Crippen LogP contribution is 2.25. The summed E-state index contributed by atoms with van der Waals surface area (Å²) in [5.41, 5.74) is 0. The van der Waals surface area contributed by atoms with E-state index >= 15 is 0 Å². The number of aromatic nitrogens is 2. The van der Waals surface area contributed by atoms with Crippen LogP contribution in [0.2, 0.25) is 0 Å². The summed E-state index contributed by atoms with van der Waals surface area (Å²) in [6.45, 7) is 3.46. The van der Waals surface area contributed by atoms with Crippen molar-refractivity contribution in [1.82, 2.24) is 9.97 Å². The predicted molar refractivity (Wildman–Crippen MR) is 71.8 cm³/mol. The van der Waals surface area contributed by atoms with Crippen molar-refractivity contribution in [2.45, 2.75) is 0 Å².